The Morgan fingerprint density at radius 1 is 1.03 bits per heavy atom. The van der Waals surface area contributed by atoms with Crippen LogP contribution in [0.15, 0.2) is 35.2 Å². The van der Waals surface area contributed by atoms with Crippen molar-refractivity contribution in [3.63, 3.8) is 0 Å². The molecule has 3 rings (SSSR count). The molecule has 2 bridgehead atoms. The quantitative estimate of drug-likeness (QED) is 0.417. The van der Waals surface area contributed by atoms with E-state index in [0.717, 1.165) is 18.0 Å². The van der Waals surface area contributed by atoms with E-state index in [1.54, 1.807) is 6.07 Å². The molecular formula is C25H35N3O10S. The van der Waals surface area contributed by atoms with E-state index in [1.165, 1.54) is 50.1 Å². The maximum atomic E-state index is 13.9. The number of amides is 2. The molecule has 1 aromatic rings. The molecule has 2 aliphatic rings. The van der Waals surface area contributed by atoms with E-state index in [9.17, 15) is 32.7 Å². The van der Waals surface area contributed by atoms with Crippen LogP contribution in [0, 0.1) is 0 Å². The van der Waals surface area contributed by atoms with E-state index in [-0.39, 0.29) is 11.4 Å². The number of urea groups is 1. The lowest BCUT2D eigenvalue weighted by atomic mass is 9.96. The van der Waals surface area contributed by atoms with E-state index in [2.05, 4.69) is 0 Å². The van der Waals surface area contributed by atoms with Crippen LogP contribution in [0.1, 0.15) is 40.5 Å². The summed E-state index contributed by atoms with van der Waals surface area (Å²) in [6, 6.07) is 4.99. The molecule has 1 aromatic carbocycles. The summed E-state index contributed by atoms with van der Waals surface area (Å²) in [5.41, 5.74) is -5.18. The third kappa shape index (κ3) is 5.87. The van der Waals surface area contributed by atoms with Gasteiger partial charge in [0.05, 0.1) is 17.7 Å². The van der Waals surface area contributed by atoms with Gasteiger partial charge in [-0.3, -0.25) is 9.59 Å². The highest BCUT2D eigenvalue weighted by Crippen LogP contribution is 2.42. The Morgan fingerprint density at radius 2 is 1.62 bits per heavy atom. The molecule has 13 nitrogen and oxygen atoms in total. The molecule has 0 aliphatic carbocycles. The molecule has 0 aromatic heterocycles. The van der Waals surface area contributed by atoms with Crippen LogP contribution < -0.4 is 0 Å². The average Bonchev–Trinajstić information content (AvgIpc) is 2.93. The van der Waals surface area contributed by atoms with Crippen molar-refractivity contribution in [1.82, 2.24) is 14.7 Å². The number of carbonyl (C=O) groups is 4. The molecule has 216 valence electrons. The second kappa shape index (κ2) is 11.5. The molecule has 2 heterocycles. The predicted molar refractivity (Wildman–Crippen MR) is 135 cm³/mol. The van der Waals surface area contributed by atoms with E-state index < -0.39 is 69.6 Å². The number of esters is 3. The molecule has 2 aliphatic heterocycles. The van der Waals surface area contributed by atoms with Gasteiger partial charge < -0.3 is 29.1 Å². The lowest BCUT2D eigenvalue weighted by Crippen LogP contribution is -2.70. The van der Waals surface area contributed by atoms with Gasteiger partial charge in [0.2, 0.25) is 9.84 Å². The topological polar surface area (TPSA) is 160 Å². The van der Waals surface area contributed by atoms with Crippen LogP contribution in [0.4, 0.5) is 4.79 Å². The third-order valence-electron chi connectivity index (χ3n) is 6.67. The van der Waals surface area contributed by atoms with Crippen molar-refractivity contribution >= 4 is 33.8 Å². The first-order valence-corrected chi connectivity index (χ1v) is 14.2. The Kier molecular flexibility index (Phi) is 8.92. The van der Waals surface area contributed by atoms with Gasteiger partial charge in [0, 0.05) is 26.2 Å². The van der Waals surface area contributed by atoms with Gasteiger partial charge in [-0.25, -0.2) is 22.9 Å². The molecule has 3 atom stereocenters. The number of ether oxygens (including phenoxy) is 3. The van der Waals surface area contributed by atoms with Crippen molar-refractivity contribution in [3.05, 3.63) is 30.3 Å². The number of hydrogen-bond donors (Lipinski definition) is 1. The van der Waals surface area contributed by atoms with Crippen LogP contribution in [-0.2, 0) is 38.4 Å². The van der Waals surface area contributed by atoms with Gasteiger partial charge in [-0.05, 0) is 39.1 Å². The fraction of sp³-hybridized carbons (Fsp3) is 0.600. The number of rotatable bonds is 9. The highest BCUT2D eigenvalue weighted by atomic mass is 32.2. The first-order chi connectivity index (χ1) is 18.2. The zero-order valence-corrected chi connectivity index (χ0v) is 23.5. The molecule has 3 unspecified atom stereocenters. The second-order valence-corrected chi connectivity index (χ2v) is 11.7. The lowest BCUT2D eigenvalue weighted by Gasteiger charge is -2.46. The monoisotopic (exact) mass is 569 g/mol. The first kappa shape index (κ1) is 30.3. The van der Waals surface area contributed by atoms with Crippen LogP contribution in [0.25, 0.3) is 0 Å². The van der Waals surface area contributed by atoms with Crippen molar-refractivity contribution in [2.24, 2.45) is 0 Å². The second-order valence-electron chi connectivity index (χ2n) is 9.75. The number of likely N-dealkylation sites (N-methyl/N-ethyl adjacent to an activating group) is 2. The fourth-order valence-corrected chi connectivity index (χ4v) is 6.11. The SMILES string of the molecule is CCN(CC)CCN(C)C(=O)N(C(C)C)C12OC(=O)CC(O)(CC(=O)OC1S(=O)(=O)c1ccccc1)C(=O)O2. The minimum atomic E-state index is -4.78. The number of sulfone groups is 1. The summed E-state index contributed by atoms with van der Waals surface area (Å²) in [6.45, 7) is 8.97. The van der Waals surface area contributed by atoms with Crippen molar-refractivity contribution in [2.45, 2.75) is 68.4 Å². The van der Waals surface area contributed by atoms with Gasteiger partial charge in [0.1, 0.15) is 0 Å². The minimum absolute atomic E-state index is 0.182. The normalized spacial score (nSPS) is 25.3. The number of fused-ring (bicyclic) bond motifs is 3. The summed E-state index contributed by atoms with van der Waals surface area (Å²) in [7, 11) is -3.33. The molecule has 2 fully saturated rings. The van der Waals surface area contributed by atoms with E-state index >= 15 is 0 Å². The molecule has 14 heteroatoms. The van der Waals surface area contributed by atoms with E-state index in [1.807, 2.05) is 18.7 Å². The molecular weight excluding hydrogens is 534 g/mol. The van der Waals surface area contributed by atoms with Crippen LogP contribution in [-0.4, -0.2) is 108 Å². The van der Waals surface area contributed by atoms with Crippen LogP contribution in [0.3, 0.4) is 0 Å². The summed E-state index contributed by atoms with van der Waals surface area (Å²) in [6.07, 6.45) is -2.07. The summed E-state index contributed by atoms with van der Waals surface area (Å²) < 4.78 is 44.1. The summed E-state index contributed by atoms with van der Waals surface area (Å²) in [4.78, 5) is 56.7. The van der Waals surface area contributed by atoms with Crippen molar-refractivity contribution in [1.29, 1.82) is 0 Å². The van der Waals surface area contributed by atoms with Gasteiger partial charge in [-0.1, -0.05) is 32.0 Å². The summed E-state index contributed by atoms with van der Waals surface area (Å²) >= 11 is 0. The predicted octanol–water partition coefficient (Wildman–Crippen LogP) is 0.712. The molecule has 0 radical (unpaired) electrons. The van der Waals surface area contributed by atoms with E-state index in [4.69, 9.17) is 14.2 Å². The Labute approximate surface area is 227 Å². The first-order valence-electron chi connectivity index (χ1n) is 12.6. The third-order valence-corrected chi connectivity index (χ3v) is 8.56. The van der Waals surface area contributed by atoms with Gasteiger partial charge in [0.15, 0.2) is 5.60 Å². The van der Waals surface area contributed by atoms with Crippen molar-refractivity contribution < 1.29 is 46.9 Å². The molecule has 0 saturated carbocycles. The zero-order chi connectivity index (χ0) is 29.2. The van der Waals surface area contributed by atoms with Gasteiger partial charge in [-0.15, -0.1) is 0 Å². The number of hydrogen-bond acceptors (Lipinski definition) is 11. The molecule has 39 heavy (non-hydrogen) atoms. The number of cyclic esters (lactones) is 1. The number of aliphatic hydroxyl groups is 1. The van der Waals surface area contributed by atoms with Crippen LogP contribution in [0.5, 0.6) is 0 Å². The van der Waals surface area contributed by atoms with Gasteiger partial charge in [0.25, 0.3) is 0 Å². The minimum Gasteiger partial charge on any atom is -0.434 e. The smallest absolute Gasteiger partial charge is 0.401 e. The standard InChI is InChI=1S/C25H35N3O10S/c1-6-27(7-2)14-13-26(5)23(32)28(17(3)4)25-22(39(34,35)18-11-9-8-10-12-18)36-19(29)15-24(33,21(31)38-25)16-20(30)37-25/h8-12,17,22,33H,6-7,13-16H2,1-5H3. The average molecular weight is 570 g/mol. The largest absolute Gasteiger partial charge is 0.434 e. The Balaban J connectivity index is 2.23. The maximum absolute atomic E-state index is 13.9. The van der Waals surface area contributed by atoms with Crippen molar-refractivity contribution in [2.75, 3.05) is 33.2 Å². The highest BCUT2D eigenvalue weighted by molar-refractivity contribution is 7.92. The molecule has 2 saturated heterocycles. The maximum Gasteiger partial charge on any atom is 0.401 e. The Hall–Kier alpha value is -3.23. The van der Waals surface area contributed by atoms with Crippen LogP contribution >= 0.6 is 0 Å². The lowest BCUT2D eigenvalue weighted by molar-refractivity contribution is -0.306. The number of nitrogens with zero attached hydrogens (tertiary/aromatic N) is 3. The van der Waals surface area contributed by atoms with E-state index in [0.29, 0.717) is 6.54 Å². The Morgan fingerprint density at radius 3 is 2.18 bits per heavy atom. The summed E-state index contributed by atoms with van der Waals surface area (Å²) in [5, 5.41) is 10.9. The summed E-state index contributed by atoms with van der Waals surface area (Å²) in [5.74, 6) is -7.15. The Bertz CT molecular complexity index is 1200. The van der Waals surface area contributed by atoms with Crippen molar-refractivity contribution in [3.8, 4) is 0 Å². The zero-order valence-electron chi connectivity index (χ0n) is 22.7. The van der Waals surface area contributed by atoms with Gasteiger partial charge >= 0.3 is 35.3 Å². The van der Waals surface area contributed by atoms with Crippen LogP contribution in [0.2, 0.25) is 0 Å². The number of benzene rings is 1. The van der Waals surface area contributed by atoms with Gasteiger partial charge in [-0.2, -0.15) is 0 Å². The molecule has 2 amide bonds. The fourth-order valence-electron chi connectivity index (χ4n) is 4.49. The molecule has 1 N–H and O–H groups in total. The molecule has 0 spiro atoms. The number of carbonyl (C=O) groups excluding carboxylic acids is 4. The highest BCUT2D eigenvalue weighted by Gasteiger charge is 2.68.